The summed E-state index contributed by atoms with van der Waals surface area (Å²) in [5.41, 5.74) is 2.00. The van der Waals surface area contributed by atoms with Gasteiger partial charge in [-0.25, -0.2) is 0 Å². The molecule has 0 radical (unpaired) electrons. The molecular weight excluding hydrogens is 316 g/mol. The quantitative estimate of drug-likeness (QED) is 0.582. The van der Waals surface area contributed by atoms with E-state index in [0.29, 0.717) is 17.9 Å². The largest absolute Gasteiger partial charge is 0.297 e. The fourth-order valence-electron chi connectivity index (χ4n) is 2.59. The number of halogens is 1. The van der Waals surface area contributed by atoms with Gasteiger partial charge in [0.15, 0.2) is 5.78 Å². The van der Waals surface area contributed by atoms with Gasteiger partial charge in [0, 0.05) is 5.02 Å². The zero-order valence-corrected chi connectivity index (χ0v) is 14.3. The second-order valence-electron chi connectivity index (χ2n) is 5.70. The molecule has 22 heavy (non-hydrogen) atoms. The second kappa shape index (κ2) is 6.84. The van der Waals surface area contributed by atoms with Crippen molar-refractivity contribution in [2.75, 3.05) is 0 Å². The monoisotopic (exact) mass is 334 g/mol. The molecule has 116 valence electrons. The Morgan fingerprint density at radius 2 is 2.00 bits per heavy atom. The number of allylic oxidation sites excluding steroid dienone is 2. The number of carbonyl (C=O) groups is 2. The van der Waals surface area contributed by atoms with Crippen molar-refractivity contribution in [3.63, 3.8) is 0 Å². The van der Waals surface area contributed by atoms with Crippen molar-refractivity contribution in [3.05, 3.63) is 59.2 Å². The van der Waals surface area contributed by atoms with Crippen LogP contribution in [0.25, 0.3) is 0 Å². The molecule has 0 aromatic heterocycles. The molecule has 4 heteroatoms. The first-order chi connectivity index (χ1) is 10.4. The van der Waals surface area contributed by atoms with Crippen molar-refractivity contribution in [1.29, 1.82) is 0 Å². The summed E-state index contributed by atoms with van der Waals surface area (Å²) < 4.78 is -0.764. The Morgan fingerprint density at radius 3 is 2.59 bits per heavy atom. The predicted molar refractivity (Wildman–Crippen MR) is 93.2 cm³/mol. The van der Waals surface area contributed by atoms with E-state index in [1.165, 1.54) is 0 Å². The van der Waals surface area contributed by atoms with E-state index in [1.54, 1.807) is 6.08 Å². The first kappa shape index (κ1) is 17.0. The Morgan fingerprint density at radius 1 is 1.36 bits per heavy atom. The number of benzene rings is 1. The van der Waals surface area contributed by atoms with Crippen LogP contribution in [-0.4, -0.2) is 15.6 Å². The molecular formula is C18H19ClO2S. The van der Waals surface area contributed by atoms with E-state index in [2.05, 4.69) is 6.58 Å². The first-order valence-corrected chi connectivity index (χ1v) is 8.38. The van der Waals surface area contributed by atoms with Crippen LogP contribution in [-0.2, 0) is 16.0 Å². The van der Waals surface area contributed by atoms with Crippen LogP contribution < -0.4 is 0 Å². The zero-order valence-electron chi connectivity index (χ0n) is 12.8. The number of hydrogen-bond acceptors (Lipinski definition) is 3. The molecule has 0 spiro atoms. The zero-order chi connectivity index (χ0) is 16.3. The van der Waals surface area contributed by atoms with Gasteiger partial charge < -0.3 is 0 Å². The normalized spacial score (nSPS) is 25.6. The Kier molecular flexibility index (Phi) is 5.30. The van der Waals surface area contributed by atoms with E-state index in [1.807, 2.05) is 44.2 Å². The van der Waals surface area contributed by atoms with Crippen molar-refractivity contribution in [2.45, 2.75) is 31.4 Å². The van der Waals surface area contributed by atoms with Gasteiger partial charge in [0.2, 0.25) is 5.12 Å². The minimum Gasteiger partial charge on any atom is -0.297 e. The van der Waals surface area contributed by atoms with Gasteiger partial charge in [0.05, 0.1) is 10.7 Å². The Hall–Kier alpha value is -1.32. The molecule has 2 atom stereocenters. The van der Waals surface area contributed by atoms with E-state index < -0.39 is 10.7 Å². The van der Waals surface area contributed by atoms with Gasteiger partial charge >= 0.3 is 0 Å². The van der Waals surface area contributed by atoms with E-state index in [-0.39, 0.29) is 10.9 Å². The molecule has 0 aliphatic carbocycles. The topological polar surface area (TPSA) is 34.1 Å². The van der Waals surface area contributed by atoms with Crippen molar-refractivity contribution >= 4 is 34.3 Å². The summed E-state index contributed by atoms with van der Waals surface area (Å²) in [7, 11) is 0. The van der Waals surface area contributed by atoms with Crippen LogP contribution in [0, 0.1) is 5.92 Å². The molecule has 2 nitrogen and oxygen atoms in total. The van der Waals surface area contributed by atoms with Crippen LogP contribution in [0.4, 0.5) is 0 Å². The van der Waals surface area contributed by atoms with Crippen LogP contribution >= 0.6 is 23.4 Å². The van der Waals surface area contributed by atoms with Gasteiger partial charge in [-0.2, -0.15) is 0 Å². The lowest BCUT2D eigenvalue weighted by molar-refractivity contribution is -0.127. The second-order valence-corrected chi connectivity index (χ2v) is 7.59. The van der Waals surface area contributed by atoms with Gasteiger partial charge in [-0.1, -0.05) is 59.8 Å². The van der Waals surface area contributed by atoms with Gasteiger partial charge in [-0.3, -0.25) is 9.59 Å². The Bertz CT molecular complexity index is 633. The van der Waals surface area contributed by atoms with E-state index in [0.717, 1.165) is 22.9 Å². The highest BCUT2D eigenvalue weighted by atomic mass is 35.5. The third-order valence-corrected chi connectivity index (χ3v) is 5.34. The maximum Gasteiger partial charge on any atom is 0.200 e. The summed E-state index contributed by atoms with van der Waals surface area (Å²) in [5, 5.41) is 0.652. The SMILES string of the molecule is C=CC(C)=C[C@@]1(C)SC(=O)C(CCc2ccc(Cl)cc2)C1=O. The molecule has 1 saturated heterocycles. The van der Waals surface area contributed by atoms with Gasteiger partial charge in [0.25, 0.3) is 0 Å². The minimum atomic E-state index is -0.764. The highest BCUT2D eigenvalue weighted by Crippen LogP contribution is 2.43. The fraction of sp³-hybridized carbons (Fsp3) is 0.333. The molecule has 0 saturated carbocycles. The van der Waals surface area contributed by atoms with Crippen LogP contribution in [0.15, 0.2) is 48.6 Å². The maximum absolute atomic E-state index is 12.6. The lowest BCUT2D eigenvalue weighted by atomic mass is 9.89. The molecule has 1 heterocycles. The van der Waals surface area contributed by atoms with Crippen LogP contribution in [0.3, 0.4) is 0 Å². The van der Waals surface area contributed by atoms with Gasteiger partial charge in [-0.05, 0) is 44.4 Å². The Balaban J connectivity index is 2.09. The molecule has 1 fully saturated rings. The number of carbonyl (C=O) groups excluding carboxylic acids is 2. The summed E-state index contributed by atoms with van der Waals surface area (Å²) in [6.07, 6.45) is 4.78. The molecule has 1 unspecified atom stereocenters. The maximum atomic E-state index is 12.6. The summed E-state index contributed by atoms with van der Waals surface area (Å²) in [6, 6.07) is 7.51. The van der Waals surface area contributed by atoms with E-state index in [9.17, 15) is 9.59 Å². The van der Waals surface area contributed by atoms with Crippen LogP contribution in [0.1, 0.15) is 25.8 Å². The standard InChI is InChI=1S/C18H19ClO2S/c1-4-12(2)11-18(3)16(20)15(17(21)22-18)10-7-13-5-8-14(19)9-6-13/h4-6,8-9,11,15H,1,7,10H2,2-3H3/t15?,18-/m1/s1. The smallest absolute Gasteiger partial charge is 0.200 e. The first-order valence-electron chi connectivity index (χ1n) is 7.19. The number of Topliss-reactive ketones (excluding diaryl/α,β-unsaturated/α-hetero) is 1. The third-order valence-electron chi connectivity index (χ3n) is 3.86. The van der Waals surface area contributed by atoms with Crippen molar-refractivity contribution < 1.29 is 9.59 Å². The lowest BCUT2D eigenvalue weighted by Crippen LogP contribution is -2.29. The minimum absolute atomic E-state index is 0.00216. The fourth-order valence-corrected chi connectivity index (χ4v) is 3.99. The van der Waals surface area contributed by atoms with Gasteiger partial charge in [-0.15, -0.1) is 0 Å². The summed E-state index contributed by atoms with van der Waals surface area (Å²) in [5.74, 6) is -0.530. The molecule has 2 rings (SSSR count). The molecule has 1 aromatic rings. The predicted octanol–water partition coefficient (Wildman–Crippen LogP) is 4.62. The number of rotatable bonds is 5. The molecule has 1 aliphatic rings. The van der Waals surface area contributed by atoms with Crippen LogP contribution in [0.2, 0.25) is 5.02 Å². The molecule has 1 aliphatic heterocycles. The summed E-state index contributed by atoms with van der Waals surface area (Å²) in [6.45, 7) is 7.39. The number of hydrogen-bond donors (Lipinski definition) is 0. The average molecular weight is 335 g/mol. The van der Waals surface area contributed by atoms with Crippen molar-refractivity contribution in [1.82, 2.24) is 0 Å². The van der Waals surface area contributed by atoms with Gasteiger partial charge in [0.1, 0.15) is 0 Å². The molecule has 0 N–H and O–H groups in total. The van der Waals surface area contributed by atoms with Crippen LogP contribution in [0.5, 0.6) is 0 Å². The number of ketones is 1. The average Bonchev–Trinajstić information content (AvgIpc) is 2.68. The number of aryl methyl sites for hydroxylation is 1. The molecule has 0 bridgehead atoms. The number of thioether (sulfide) groups is 1. The summed E-state index contributed by atoms with van der Waals surface area (Å²) in [4.78, 5) is 24.8. The van der Waals surface area contributed by atoms with E-state index in [4.69, 9.17) is 11.6 Å². The van der Waals surface area contributed by atoms with Crippen molar-refractivity contribution in [2.24, 2.45) is 5.92 Å². The molecule has 0 amide bonds. The highest BCUT2D eigenvalue weighted by molar-refractivity contribution is 8.16. The van der Waals surface area contributed by atoms with Crippen molar-refractivity contribution in [3.8, 4) is 0 Å². The Labute approximate surface area is 140 Å². The highest BCUT2D eigenvalue weighted by Gasteiger charge is 2.49. The molecule has 1 aromatic carbocycles. The lowest BCUT2D eigenvalue weighted by Gasteiger charge is -2.16. The van der Waals surface area contributed by atoms with E-state index >= 15 is 0 Å². The third kappa shape index (κ3) is 3.71. The summed E-state index contributed by atoms with van der Waals surface area (Å²) >= 11 is 6.99.